The third-order valence-corrected chi connectivity index (χ3v) is 5.29. The number of nitrogens with zero attached hydrogens (tertiary/aromatic N) is 2. The number of nitrogens with one attached hydrogen (secondary N) is 1. The molecule has 0 radical (unpaired) electrons. The number of esters is 1. The number of rotatable bonds is 5. The topological polar surface area (TPSA) is 64.1 Å². The van der Waals surface area contributed by atoms with Crippen molar-refractivity contribution in [3.05, 3.63) is 46.1 Å². The predicted molar refractivity (Wildman–Crippen MR) is 106 cm³/mol. The van der Waals surface area contributed by atoms with Crippen LogP contribution < -0.4 is 5.32 Å². The molecule has 3 rings (SSSR count). The molecule has 26 heavy (non-hydrogen) atoms. The van der Waals surface area contributed by atoms with Gasteiger partial charge in [0.1, 0.15) is 21.9 Å². The largest absolute Gasteiger partial charge is 0.461 e. The van der Waals surface area contributed by atoms with E-state index in [0.29, 0.717) is 23.2 Å². The zero-order valence-electron chi connectivity index (χ0n) is 15.7. The fraction of sp³-hybridized carbons (Fsp3) is 0.350. The molecule has 0 aliphatic heterocycles. The molecule has 0 saturated carbocycles. The molecule has 0 saturated heterocycles. The molecule has 0 aliphatic carbocycles. The maximum Gasteiger partial charge on any atom is 0.348 e. The van der Waals surface area contributed by atoms with E-state index in [4.69, 9.17) is 4.74 Å². The van der Waals surface area contributed by atoms with Gasteiger partial charge in [0.05, 0.1) is 12.0 Å². The van der Waals surface area contributed by atoms with Crippen LogP contribution in [0.3, 0.4) is 0 Å². The van der Waals surface area contributed by atoms with Crippen molar-refractivity contribution in [2.75, 3.05) is 11.9 Å². The number of hydrogen-bond acceptors (Lipinski definition) is 6. The van der Waals surface area contributed by atoms with Gasteiger partial charge in [0.25, 0.3) is 0 Å². The van der Waals surface area contributed by atoms with E-state index >= 15 is 0 Å². The van der Waals surface area contributed by atoms with Crippen LogP contribution in [0.4, 0.5) is 11.5 Å². The number of aryl methyl sites for hydroxylation is 3. The number of carbonyl (C=O) groups is 1. The lowest BCUT2D eigenvalue weighted by Crippen LogP contribution is -2.09. The molecular formula is C20H23N3O2S. The van der Waals surface area contributed by atoms with E-state index in [2.05, 4.69) is 47.3 Å². The summed E-state index contributed by atoms with van der Waals surface area (Å²) in [5.74, 6) is 0.715. The van der Waals surface area contributed by atoms with Crippen LogP contribution >= 0.6 is 11.3 Å². The van der Waals surface area contributed by atoms with Gasteiger partial charge in [-0.3, -0.25) is 0 Å². The van der Waals surface area contributed by atoms with E-state index < -0.39 is 0 Å². The second-order valence-electron chi connectivity index (χ2n) is 6.89. The molecule has 0 fully saturated rings. The molecular weight excluding hydrogens is 346 g/mol. The van der Waals surface area contributed by atoms with Crippen LogP contribution in [0.15, 0.2) is 24.5 Å². The highest BCUT2D eigenvalue weighted by molar-refractivity contribution is 7.20. The van der Waals surface area contributed by atoms with Crippen molar-refractivity contribution in [2.45, 2.75) is 34.6 Å². The first kappa shape index (κ1) is 18.3. The van der Waals surface area contributed by atoms with Crippen LogP contribution in [-0.2, 0) is 4.74 Å². The lowest BCUT2D eigenvalue weighted by atomic mass is 10.1. The summed E-state index contributed by atoms with van der Waals surface area (Å²) in [7, 11) is 0. The molecule has 0 amide bonds. The Hall–Kier alpha value is -2.47. The maximum atomic E-state index is 12.4. The summed E-state index contributed by atoms with van der Waals surface area (Å²) < 4.78 is 5.40. The fourth-order valence-electron chi connectivity index (χ4n) is 2.67. The molecule has 0 aliphatic rings. The Morgan fingerprint density at radius 3 is 2.73 bits per heavy atom. The highest BCUT2D eigenvalue weighted by Crippen LogP contribution is 2.35. The first-order valence-electron chi connectivity index (χ1n) is 8.62. The molecule has 6 heteroatoms. The summed E-state index contributed by atoms with van der Waals surface area (Å²) in [6, 6.07) is 6.24. The van der Waals surface area contributed by atoms with Gasteiger partial charge in [-0.05, 0) is 49.4 Å². The fourth-order valence-corrected chi connectivity index (χ4v) is 3.71. The van der Waals surface area contributed by atoms with E-state index in [1.54, 1.807) is 0 Å². The summed E-state index contributed by atoms with van der Waals surface area (Å²) in [6.07, 6.45) is 1.52. The number of thiophene rings is 1. The van der Waals surface area contributed by atoms with Gasteiger partial charge in [0.15, 0.2) is 0 Å². The number of ether oxygens (including phenoxy) is 1. The number of carbonyl (C=O) groups excluding carboxylic acids is 1. The lowest BCUT2D eigenvalue weighted by Gasteiger charge is -2.11. The molecule has 0 atom stereocenters. The van der Waals surface area contributed by atoms with Crippen molar-refractivity contribution in [1.29, 1.82) is 0 Å². The van der Waals surface area contributed by atoms with Gasteiger partial charge in [-0.15, -0.1) is 11.3 Å². The quantitative estimate of drug-likeness (QED) is 0.628. The molecule has 0 unspecified atom stereocenters. The summed E-state index contributed by atoms with van der Waals surface area (Å²) in [6.45, 7) is 10.5. The number of hydrogen-bond donors (Lipinski definition) is 1. The van der Waals surface area contributed by atoms with Gasteiger partial charge in [-0.25, -0.2) is 14.8 Å². The number of aromatic nitrogens is 2. The Labute approximate surface area is 157 Å². The monoisotopic (exact) mass is 369 g/mol. The SMILES string of the molecule is Cc1ccc(C)c(Nc2ncnc3sc(C(=O)OCC(C)C)c(C)c23)c1. The summed E-state index contributed by atoms with van der Waals surface area (Å²) in [5, 5.41) is 4.27. The minimum atomic E-state index is -0.295. The second-order valence-corrected chi connectivity index (χ2v) is 7.89. The first-order chi connectivity index (χ1) is 12.4. The van der Waals surface area contributed by atoms with Gasteiger partial charge < -0.3 is 10.1 Å². The van der Waals surface area contributed by atoms with Gasteiger partial charge in [-0.1, -0.05) is 26.0 Å². The van der Waals surface area contributed by atoms with Crippen LogP contribution in [0.1, 0.15) is 40.2 Å². The van der Waals surface area contributed by atoms with E-state index in [0.717, 1.165) is 27.0 Å². The van der Waals surface area contributed by atoms with E-state index in [9.17, 15) is 4.79 Å². The predicted octanol–water partition coefficient (Wildman–Crippen LogP) is 5.17. The van der Waals surface area contributed by atoms with Gasteiger partial charge in [-0.2, -0.15) is 0 Å². The standard InChI is InChI=1S/C20H23N3O2S/c1-11(2)9-25-20(24)17-14(5)16-18(21-10-22-19(16)26-17)23-15-8-12(3)6-7-13(15)4/h6-8,10-11H,9H2,1-5H3,(H,21,22,23). The minimum absolute atomic E-state index is 0.295. The zero-order valence-corrected chi connectivity index (χ0v) is 16.5. The Morgan fingerprint density at radius 1 is 1.23 bits per heavy atom. The smallest absolute Gasteiger partial charge is 0.348 e. The third-order valence-electron chi connectivity index (χ3n) is 4.11. The van der Waals surface area contributed by atoms with E-state index in [1.807, 2.05) is 20.8 Å². The summed E-state index contributed by atoms with van der Waals surface area (Å²) in [5.41, 5.74) is 4.15. The third kappa shape index (κ3) is 3.70. The van der Waals surface area contributed by atoms with Gasteiger partial charge in [0.2, 0.25) is 0 Å². The first-order valence-corrected chi connectivity index (χ1v) is 9.44. The molecule has 2 aromatic heterocycles. The normalized spacial score (nSPS) is 11.2. The molecule has 3 aromatic rings. The Kier molecular flexibility index (Phi) is 5.23. The van der Waals surface area contributed by atoms with E-state index in [1.165, 1.54) is 23.2 Å². The van der Waals surface area contributed by atoms with Crippen molar-refractivity contribution in [3.63, 3.8) is 0 Å². The van der Waals surface area contributed by atoms with Crippen LogP contribution in [0.25, 0.3) is 10.2 Å². The van der Waals surface area contributed by atoms with Gasteiger partial charge >= 0.3 is 5.97 Å². The molecule has 0 bridgehead atoms. The summed E-state index contributed by atoms with van der Waals surface area (Å²) >= 11 is 1.35. The molecule has 1 N–H and O–H groups in total. The Bertz CT molecular complexity index is 963. The minimum Gasteiger partial charge on any atom is -0.461 e. The van der Waals surface area contributed by atoms with Crippen LogP contribution in [-0.4, -0.2) is 22.5 Å². The van der Waals surface area contributed by atoms with Crippen molar-refractivity contribution < 1.29 is 9.53 Å². The van der Waals surface area contributed by atoms with Crippen LogP contribution in [0, 0.1) is 26.7 Å². The molecule has 2 heterocycles. The molecule has 0 spiro atoms. The highest BCUT2D eigenvalue weighted by atomic mass is 32.1. The van der Waals surface area contributed by atoms with Crippen LogP contribution in [0.5, 0.6) is 0 Å². The zero-order chi connectivity index (χ0) is 18.8. The number of anilines is 2. The Balaban J connectivity index is 2.00. The van der Waals surface area contributed by atoms with Crippen molar-refractivity contribution in [3.8, 4) is 0 Å². The lowest BCUT2D eigenvalue weighted by molar-refractivity contribution is 0.0464. The molecule has 5 nitrogen and oxygen atoms in total. The maximum absolute atomic E-state index is 12.4. The number of fused-ring (bicyclic) bond motifs is 1. The van der Waals surface area contributed by atoms with Crippen molar-refractivity contribution in [1.82, 2.24) is 9.97 Å². The highest BCUT2D eigenvalue weighted by Gasteiger charge is 2.21. The van der Waals surface area contributed by atoms with Crippen molar-refractivity contribution >= 4 is 39.0 Å². The van der Waals surface area contributed by atoms with Crippen molar-refractivity contribution in [2.24, 2.45) is 5.92 Å². The summed E-state index contributed by atoms with van der Waals surface area (Å²) in [4.78, 5) is 22.6. The van der Waals surface area contributed by atoms with Crippen LogP contribution in [0.2, 0.25) is 0 Å². The number of benzene rings is 1. The average molecular weight is 369 g/mol. The second kappa shape index (κ2) is 7.41. The average Bonchev–Trinajstić information content (AvgIpc) is 2.94. The van der Waals surface area contributed by atoms with Gasteiger partial charge in [0, 0.05) is 5.69 Å². The molecule has 1 aromatic carbocycles. The molecule has 136 valence electrons. The van der Waals surface area contributed by atoms with E-state index in [-0.39, 0.29) is 5.97 Å². The Morgan fingerprint density at radius 2 is 2.00 bits per heavy atom.